The number of hydrogen-bond acceptors (Lipinski definition) is 7. The number of methoxy groups -OCH3 is 1. The van der Waals surface area contributed by atoms with Gasteiger partial charge in [-0.15, -0.1) is 28.1 Å². The van der Waals surface area contributed by atoms with Gasteiger partial charge in [0.05, 0.1) is 24.6 Å². The van der Waals surface area contributed by atoms with Gasteiger partial charge in [-0.3, -0.25) is 4.57 Å². The number of ether oxygens (including phenoxy) is 1. The van der Waals surface area contributed by atoms with Crippen molar-refractivity contribution in [1.29, 1.82) is 0 Å². The number of benzene rings is 1. The summed E-state index contributed by atoms with van der Waals surface area (Å²) in [4.78, 5) is 4.76. The lowest BCUT2D eigenvalue weighted by molar-refractivity contribution is 0.415. The lowest BCUT2D eigenvalue weighted by atomic mass is 10.2. The van der Waals surface area contributed by atoms with E-state index >= 15 is 0 Å². The molecule has 0 bridgehead atoms. The molecule has 0 aliphatic carbocycles. The minimum Gasteiger partial charge on any atom is -0.497 e. The van der Waals surface area contributed by atoms with Crippen LogP contribution in [0.15, 0.2) is 64.2 Å². The third-order valence-electron chi connectivity index (χ3n) is 4.37. The van der Waals surface area contributed by atoms with Gasteiger partial charge >= 0.3 is 0 Å². The van der Waals surface area contributed by atoms with E-state index in [9.17, 15) is 0 Å². The van der Waals surface area contributed by atoms with Crippen molar-refractivity contribution in [1.82, 2.24) is 19.7 Å². The number of thioether (sulfide) groups is 1. The number of allylic oxidation sites excluding steroid dienone is 1. The fourth-order valence-corrected chi connectivity index (χ4v) is 4.65. The fraction of sp³-hybridized carbons (Fsp3) is 0.190. The number of thiazole rings is 1. The van der Waals surface area contributed by atoms with E-state index in [1.807, 2.05) is 47.9 Å². The third kappa shape index (κ3) is 4.13. The van der Waals surface area contributed by atoms with Crippen molar-refractivity contribution in [3.8, 4) is 27.7 Å². The predicted octanol–water partition coefficient (Wildman–Crippen LogP) is 5.46. The molecule has 6 nitrogen and oxygen atoms in total. The number of aromatic nitrogens is 4. The first kappa shape index (κ1) is 19.5. The number of nitrogens with zero attached hydrogens (tertiary/aromatic N) is 4. The minimum absolute atomic E-state index is 0.628. The largest absolute Gasteiger partial charge is 0.497 e. The zero-order chi connectivity index (χ0) is 20.2. The molecule has 148 valence electrons. The molecule has 0 saturated carbocycles. The van der Waals surface area contributed by atoms with Gasteiger partial charge in [0, 0.05) is 23.2 Å². The van der Waals surface area contributed by atoms with Crippen molar-refractivity contribution < 1.29 is 9.15 Å². The molecule has 1 aromatic carbocycles. The average molecular weight is 425 g/mol. The lowest BCUT2D eigenvalue weighted by Gasteiger charge is -2.06. The Bertz CT molecular complexity index is 1110. The highest BCUT2D eigenvalue weighted by atomic mass is 32.2. The smallest absolute Gasteiger partial charge is 0.192 e. The summed E-state index contributed by atoms with van der Waals surface area (Å²) in [6.07, 6.45) is 3.51. The van der Waals surface area contributed by atoms with Crippen molar-refractivity contribution in [2.45, 2.75) is 24.4 Å². The lowest BCUT2D eigenvalue weighted by Crippen LogP contribution is -2.00. The van der Waals surface area contributed by atoms with Crippen LogP contribution >= 0.6 is 23.1 Å². The van der Waals surface area contributed by atoms with Gasteiger partial charge in [0.2, 0.25) is 0 Å². The van der Waals surface area contributed by atoms with E-state index in [2.05, 4.69) is 22.2 Å². The summed E-state index contributed by atoms with van der Waals surface area (Å²) in [5, 5.41) is 12.7. The molecule has 4 rings (SSSR count). The van der Waals surface area contributed by atoms with E-state index in [4.69, 9.17) is 14.1 Å². The molecule has 0 spiro atoms. The van der Waals surface area contributed by atoms with Crippen LogP contribution in [0.5, 0.6) is 5.75 Å². The molecule has 0 aliphatic heterocycles. The maximum absolute atomic E-state index is 5.42. The van der Waals surface area contributed by atoms with E-state index in [0.717, 1.165) is 44.3 Å². The van der Waals surface area contributed by atoms with Crippen LogP contribution in [0, 0.1) is 6.92 Å². The van der Waals surface area contributed by atoms with Crippen LogP contribution in [0.2, 0.25) is 0 Å². The Balaban J connectivity index is 1.51. The van der Waals surface area contributed by atoms with Crippen molar-refractivity contribution in [2.24, 2.45) is 0 Å². The van der Waals surface area contributed by atoms with E-state index < -0.39 is 0 Å². The second-order valence-corrected chi connectivity index (χ2v) is 8.06. The molecule has 29 heavy (non-hydrogen) atoms. The molecule has 3 heterocycles. The first-order chi connectivity index (χ1) is 14.2. The minimum atomic E-state index is 0.628. The molecular formula is C21H20N4O2S2. The summed E-state index contributed by atoms with van der Waals surface area (Å²) >= 11 is 3.25. The van der Waals surface area contributed by atoms with Gasteiger partial charge < -0.3 is 9.15 Å². The zero-order valence-electron chi connectivity index (χ0n) is 16.2. The van der Waals surface area contributed by atoms with Gasteiger partial charge in [0.15, 0.2) is 11.0 Å². The number of hydrogen-bond donors (Lipinski definition) is 0. The summed E-state index contributed by atoms with van der Waals surface area (Å²) in [5.41, 5.74) is 3.04. The van der Waals surface area contributed by atoms with E-state index in [-0.39, 0.29) is 0 Å². The Labute approximate surface area is 177 Å². The van der Waals surface area contributed by atoms with Gasteiger partial charge in [-0.25, -0.2) is 4.98 Å². The maximum Gasteiger partial charge on any atom is 0.192 e. The Hall–Kier alpha value is -2.84. The van der Waals surface area contributed by atoms with Crippen molar-refractivity contribution in [3.05, 3.63) is 66.1 Å². The molecule has 0 fully saturated rings. The van der Waals surface area contributed by atoms with E-state index in [1.165, 1.54) is 0 Å². The summed E-state index contributed by atoms with van der Waals surface area (Å²) in [7, 11) is 1.66. The Morgan fingerprint density at radius 2 is 2.07 bits per heavy atom. The fourth-order valence-electron chi connectivity index (χ4n) is 2.88. The highest BCUT2D eigenvalue weighted by Gasteiger charge is 2.17. The van der Waals surface area contributed by atoms with Gasteiger partial charge in [-0.05, 0) is 37.3 Å². The van der Waals surface area contributed by atoms with Gasteiger partial charge in [-0.2, -0.15) is 0 Å². The van der Waals surface area contributed by atoms with Gasteiger partial charge in [0.1, 0.15) is 16.5 Å². The quantitative estimate of drug-likeness (QED) is 0.276. The van der Waals surface area contributed by atoms with Crippen LogP contribution in [0.1, 0.15) is 11.5 Å². The zero-order valence-corrected chi connectivity index (χ0v) is 17.8. The monoisotopic (exact) mass is 424 g/mol. The van der Waals surface area contributed by atoms with Crippen LogP contribution < -0.4 is 4.74 Å². The topological polar surface area (TPSA) is 66.0 Å². The van der Waals surface area contributed by atoms with Gasteiger partial charge in [0.25, 0.3) is 0 Å². The first-order valence-electron chi connectivity index (χ1n) is 8.99. The Kier molecular flexibility index (Phi) is 5.82. The summed E-state index contributed by atoms with van der Waals surface area (Å²) in [6, 6.07) is 9.85. The second kappa shape index (κ2) is 8.67. The molecule has 3 aromatic heterocycles. The molecule has 0 atom stereocenters. The molecule has 0 unspecified atom stereocenters. The number of rotatable bonds is 8. The SMILES string of the molecule is C=CCn1c(SCc2csc(-c3ccc(OC)cc3)n2)nnc1-c1ccoc1C. The van der Waals surface area contributed by atoms with Gasteiger partial charge in [-0.1, -0.05) is 17.8 Å². The average Bonchev–Trinajstić information content (AvgIpc) is 3.47. The summed E-state index contributed by atoms with van der Waals surface area (Å²) < 4.78 is 12.7. The highest BCUT2D eigenvalue weighted by molar-refractivity contribution is 7.98. The third-order valence-corrected chi connectivity index (χ3v) is 6.31. The van der Waals surface area contributed by atoms with Crippen LogP contribution in [-0.2, 0) is 12.3 Å². The Morgan fingerprint density at radius 1 is 1.24 bits per heavy atom. The van der Waals surface area contributed by atoms with Crippen LogP contribution in [0.4, 0.5) is 0 Å². The van der Waals surface area contributed by atoms with Crippen LogP contribution in [0.25, 0.3) is 22.0 Å². The van der Waals surface area contributed by atoms with Crippen molar-refractivity contribution >= 4 is 23.1 Å². The molecular weight excluding hydrogens is 404 g/mol. The van der Waals surface area contributed by atoms with E-state index in [1.54, 1.807) is 36.5 Å². The molecule has 0 radical (unpaired) electrons. The molecule has 8 heteroatoms. The second-order valence-electron chi connectivity index (χ2n) is 6.26. The summed E-state index contributed by atoms with van der Waals surface area (Å²) in [6.45, 7) is 6.41. The Morgan fingerprint density at radius 3 is 2.76 bits per heavy atom. The number of furan rings is 1. The molecule has 4 aromatic rings. The normalized spacial score (nSPS) is 11.0. The highest BCUT2D eigenvalue weighted by Crippen LogP contribution is 2.31. The van der Waals surface area contributed by atoms with E-state index in [0.29, 0.717) is 12.3 Å². The molecule has 0 amide bonds. The first-order valence-corrected chi connectivity index (χ1v) is 10.9. The van der Waals surface area contributed by atoms with Crippen molar-refractivity contribution in [3.63, 3.8) is 0 Å². The van der Waals surface area contributed by atoms with Crippen LogP contribution in [-0.4, -0.2) is 26.9 Å². The summed E-state index contributed by atoms with van der Waals surface area (Å²) in [5.74, 6) is 3.16. The standard InChI is InChI=1S/C21H20N4O2S2/c1-4-10-25-19(18-9-11-27-14(18)2)23-24-21(25)29-13-16-12-28-20(22-16)15-5-7-17(26-3)8-6-15/h4-9,11-12H,1,10,13H2,2-3H3. The molecule has 0 N–H and O–H groups in total. The molecule has 0 aliphatic rings. The van der Waals surface area contributed by atoms with Crippen LogP contribution in [0.3, 0.4) is 0 Å². The maximum atomic E-state index is 5.42. The van der Waals surface area contributed by atoms with Crippen molar-refractivity contribution in [2.75, 3.05) is 7.11 Å². The molecule has 0 saturated heterocycles. The number of aryl methyl sites for hydroxylation is 1. The predicted molar refractivity (Wildman–Crippen MR) is 116 cm³/mol.